The molecule has 4 aliphatic rings. The number of amides is 5. The molecule has 5 amide bonds. The van der Waals surface area contributed by atoms with Crippen LogP contribution in [0, 0.1) is 5.92 Å². The molecule has 18 heteroatoms. The van der Waals surface area contributed by atoms with Gasteiger partial charge < -0.3 is 39.6 Å². The van der Waals surface area contributed by atoms with Crippen LogP contribution in [0.15, 0.2) is 79.0 Å². The largest absolute Gasteiger partial charge is 0.491 e. The van der Waals surface area contributed by atoms with Crippen LogP contribution in [0.5, 0.6) is 17.2 Å². The maximum Gasteiger partial charge on any atom is 0.260 e. The number of unbranched alkanes of at least 4 members (excludes halogenated alkanes) is 1. The third-order valence-corrected chi connectivity index (χ3v) is 13.9. The third-order valence-electron chi connectivity index (χ3n) is 13.9. The number of benzene rings is 3. The minimum Gasteiger partial charge on any atom is -0.491 e. The SMILES string of the molecule is CCCCN1C(=O)[C@H]([C@H](O)C2CCCCC2)NC(=O)C12CCN(Cc1ccc(Oc3ccc(C(=O)NCCOCCn4cc(COCCOc5ccc(C(=O)N6CCC6=O)cc5)nn4)cc3)cc1)CC2. The number of nitrogens with one attached hydrogen (secondary N) is 2. The van der Waals surface area contributed by atoms with Crippen LogP contribution in [0.1, 0.15) is 103 Å². The lowest BCUT2D eigenvalue weighted by Crippen LogP contribution is -2.75. The van der Waals surface area contributed by atoms with Gasteiger partial charge in [0.25, 0.3) is 11.8 Å². The number of imide groups is 1. The number of hydrogen-bond donors (Lipinski definition) is 3. The number of carbonyl (C=O) groups is 5. The molecular formula is C52H66N8O10. The summed E-state index contributed by atoms with van der Waals surface area (Å²) in [5, 5.41) is 25.4. The molecule has 0 radical (unpaired) electrons. The number of aliphatic hydroxyl groups excluding tert-OH is 1. The van der Waals surface area contributed by atoms with Gasteiger partial charge in [0, 0.05) is 56.8 Å². The van der Waals surface area contributed by atoms with Gasteiger partial charge in [0.15, 0.2) is 0 Å². The molecule has 3 saturated heterocycles. The molecule has 1 aliphatic carbocycles. The molecule has 4 fully saturated rings. The third kappa shape index (κ3) is 12.6. The van der Waals surface area contributed by atoms with E-state index in [4.69, 9.17) is 18.9 Å². The molecule has 0 bridgehead atoms. The zero-order valence-corrected chi connectivity index (χ0v) is 40.1. The zero-order chi connectivity index (χ0) is 48.9. The van der Waals surface area contributed by atoms with Crippen molar-refractivity contribution < 1.29 is 48.0 Å². The second-order valence-electron chi connectivity index (χ2n) is 18.6. The summed E-state index contributed by atoms with van der Waals surface area (Å²) < 4.78 is 24.8. The van der Waals surface area contributed by atoms with Crippen LogP contribution in [0.3, 0.4) is 0 Å². The van der Waals surface area contributed by atoms with Gasteiger partial charge in [0.2, 0.25) is 17.7 Å². The number of β-lactam (4-membered cyclic amide) rings is 1. The van der Waals surface area contributed by atoms with Crippen LogP contribution in [0.2, 0.25) is 0 Å². The molecule has 374 valence electrons. The van der Waals surface area contributed by atoms with Crippen molar-refractivity contribution >= 4 is 29.5 Å². The van der Waals surface area contributed by atoms with Gasteiger partial charge in [-0.2, -0.15) is 0 Å². The van der Waals surface area contributed by atoms with E-state index in [9.17, 15) is 29.1 Å². The normalized spacial score (nSPS) is 18.9. The Kier molecular flexibility index (Phi) is 17.3. The molecule has 70 heavy (non-hydrogen) atoms. The van der Waals surface area contributed by atoms with E-state index in [0.717, 1.165) is 50.5 Å². The second kappa shape index (κ2) is 24.1. The summed E-state index contributed by atoms with van der Waals surface area (Å²) in [6, 6.07) is 20.6. The number of rotatable bonds is 23. The van der Waals surface area contributed by atoms with E-state index in [-0.39, 0.29) is 42.1 Å². The zero-order valence-electron chi connectivity index (χ0n) is 40.1. The average molecular weight is 963 g/mol. The molecule has 4 aromatic rings. The van der Waals surface area contributed by atoms with Crippen molar-refractivity contribution in [3.63, 3.8) is 0 Å². The monoisotopic (exact) mass is 962 g/mol. The lowest BCUT2D eigenvalue weighted by molar-refractivity contribution is -0.166. The summed E-state index contributed by atoms with van der Waals surface area (Å²) in [4.78, 5) is 69.9. The van der Waals surface area contributed by atoms with Gasteiger partial charge in [-0.15, -0.1) is 5.10 Å². The van der Waals surface area contributed by atoms with Crippen molar-refractivity contribution in [1.29, 1.82) is 0 Å². The Morgan fingerprint density at radius 2 is 1.53 bits per heavy atom. The number of piperazine rings is 1. The lowest BCUT2D eigenvalue weighted by Gasteiger charge is -2.52. The Hall–Kier alpha value is -6.21. The van der Waals surface area contributed by atoms with Gasteiger partial charge in [-0.1, -0.05) is 50.0 Å². The summed E-state index contributed by atoms with van der Waals surface area (Å²) in [7, 11) is 0. The predicted octanol–water partition coefficient (Wildman–Crippen LogP) is 4.89. The molecule has 3 N–H and O–H groups in total. The summed E-state index contributed by atoms with van der Waals surface area (Å²) >= 11 is 0. The summed E-state index contributed by atoms with van der Waals surface area (Å²) in [5.74, 6) is 0.981. The Morgan fingerprint density at radius 3 is 2.21 bits per heavy atom. The topological polar surface area (TPSA) is 207 Å². The van der Waals surface area contributed by atoms with Crippen LogP contribution in [-0.4, -0.2) is 141 Å². The average Bonchev–Trinajstić information content (AvgIpc) is 3.84. The minimum absolute atomic E-state index is 0.0431. The first-order valence-corrected chi connectivity index (χ1v) is 24.9. The number of aliphatic hydroxyl groups is 1. The van der Waals surface area contributed by atoms with E-state index in [1.54, 1.807) is 59.4 Å². The first-order valence-electron chi connectivity index (χ1n) is 24.9. The lowest BCUT2D eigenvalue weighted by atomic mass is 9.78. The predicted molar refractivity (Wildman–Crippen MR) is 257 cm³/mol. The molecule has 1 aromatic heterocycles. The standard InChI is InChI=1S/C52H66N8O10/c1-2-3-25-60-50(65)46(47(62)38-7-5-4-6-8-38)54-51(66)52(60)22-27-57(28-23-52)34-37-9-15-43(16-10-37)70-44-19-11-39(12-20-44)48(63)53-24-30-67-31-29-58-35-41(55-56-58)36-68-32-33-69-42-17-13-40(14-18-42)49(64)59-26-21-45(59)61/h9-20,35,38,46-47,62H,2-8,21-34,36H2,1H3,(H,53,63)(H,54,66)/t46-,47+/m0/s1. The summed E-state index contributed by atoms with van der Waals surface area (Å²) in [5.41, 5.74) is 1.83. The first-order chi connectivity index (χ1) is 34.1. The van der Waals surface area contributed by atoms with E-state index in [1.165, 1.54) is 4.90 Å². The van der Waals surface area contributed by atoms with Crippen LogP contribution < -0.4 is 20.1 Å². The van der Waals surface area contributed by atoms with E-state index >= 15 is 0 Å². The second-order valence-corrected chi connectivity index (χ2v) is 18.6. The highest BCUT2D eigenvalue weighted by atomic mass is 16.5. The van der Waals surface area contributed by atoms with Gasteiger partial charge in [0.1, 0.15) is 41.1 Å². The van der Waals surface area contributed by atoms with Gasteiger partial charge in [-0.05, 0) is 104 Å². The Labute approximate surface area is 408 Å². The molecule has 1 saturated carbocycles. The van der Waals surface area contributed by atoms with E-state index < -0.39 is 17.7 Å². The van der Waals surface area contributed by atoms with Gasteiger partial charge in [-0.25, -0.2) is 4.68 Å². The van der Waals surface area contributed by atoms with Crippen molar-refractivity contribution in [1.82, 2.24) is 40.3 Å². The van der Waals surface area contributed by atoms with E-state index in [1.807, 2.05) is 29.2 Å². The van der Waals surface area contributed by atoms with Gasteiger partial charge >= 0.3 is 0 Å². The van der Waals surface area contributed by atoms with Crippen molar-refractivity contribution in [3.8, 4) is 17.2 Å². The summed E-state index contributed by atoms with van der Waals surface area (Å²) in [6.45, 7) is 7.53. The number of ether oxygens (including phenoxy) is 4. The van der Waals surface area contributed by atoms with Gasteiger partial charge in [0.05, 0.1) is 45.3 Å². The van der Waals surface area contributed by atoms with Crippen LogP contribution in [0.25, 0.3) is 0 Å². The highest BCUT2D eigenvalue weighted by Gasteiger charge is 2.55. The Morgan fingerprint density at radius 1 is 0.829 bits per heavy atom. The Bertz CT molecular complexity index is 2380. The molecule has 18 nitrogen and oxygen atoms in total. The quantitative estimate of drug-likeness (QED) is 0.0515. The van der Waals surface area contributed by atoms with E-state index in [0.29, 0.717) is 126 Å². The van der Waals surface area contributed by atoms with Crippen molar-refractivity contribution in [2.45, 2.75) is 109 Å². The maximum atomic E-state index is 14.0. The molecule has 2 atom stereocenters. The Balaban J connectivity index is 0.686. The maximum absolute atomic E-state index is 14.0. The first kappa shape index (κ1) is 50.2. The van der Waals surface area contributed by atoms with E-state index in [2.05, 4.69) is 32.8 Å². The fraction of sp³-hybridized carbons (Fsp3) is 0.519. The molecule has 4 heterocycles. The van der Waals surface area contributed by atoms with Crippen LogP contribution >= 0.6 is 0 Å². The number of nitrogens with zero attached hydrogens (tertiary/aromatic N) is 6. The summed E-state index contributed by atoms with van der Waals surface area (Å²) in [6.07, 6.45) is 9.20. The smallest absolute Gasteiger partial charge is 0.260 e. The van der Waals surface area contributed by atoms with Crippen LogP contribution in [-0.2, 0) is 43.6 Å². The molecule has 3 aliphatic heterocycles. The fourth-order valence-corrected chi connectivity index (χ4v) is 9.66. The number of aromatic nitrogens is 3. The highest BCUT2D eigenvalue weighted by Crippen LogP contribution is 2.37. The highest BCUT2D eigenvalue weighted by molar-refractivity contribution is 6.07. The molecule has 8 rings (SSSR count). The van der Waals surface area contributed by atoms with Gasteiger partial charge in [-0.3, -0.25) is 33.8 Å². The fourth-order valence-electron chi connectivity index (χ4n) is 9.66. The van der Waals surface area contributed by atoms with Crippen molar-refractivity contribution in [2.24, 2.45) is 5.92 Å². The molecular weight excluding hydrogens is 897 g/mol. The van der Waals surface area contributed by atoms with Crippen LogP contribution in [0.4, 0.5) is 0 Å². The molecule has 0 unspecified atom stereocenters. The molecule has 1 spiro atoms. The minimum atomic E-state index is -0.889. The number of likely N-dealkylation sites (tertiary alicyclic amines) is 2. The van der Waals surface area contributed by atoms with Crippen molar-refractivity contribution in [3.05, 3.63) is 101 Å². The number of piperidine rings is 1. The number of hydrogen-bond acceptors (Lipinski definition) is 13. The number of carbonyl (C=O) groups excluding carboxylic acids is 5. The molecule has 3 aromatic carbocycles. The van der Waals surface area contributed by atoms with Crippen molar-refractivity contribution in [2.75, 3.05) is 59.2 Å².